The third kappa shape index (κ3) is 5.25. The number of amides is 1. The Balaban J connectivity index is 1.40. The maximum Gasteiger partial charge on any atom is 0.255 e. The number of carbonyl (C=O) groups is 1. The number of nitriles is 1. The number of rotatable bonds is 6. The summed E-state index contributed by atoms with van der Waals surface area (Å²) in [7, 11) is 0. The van der Waals surface area contributed by atoms with Gasteiger partial charge >= 0.3 is 0 Å². The molecule has 0 spiro atoms. The fourth-order valence-electron chi connectivity index (χ4n) is 2.79. The fourth-order valence-corrected chi connectivity index (χ4v) is 2.79. The summed E-state index contributed by atoms with van der Waals surface area (Å²) in [5.41, 5.74) is 1.66. The molecule has 0 atom stereocenters. The van der Waals surface area contributed by atoms with Crippen LogP contribution in [0.25, 0.3) is 0 Å². The van der Waals surface area contributed by atoms with E-state index < -0.39 is 0 Å². The molecule has 0 bridgehead atoms. The molecule has 0 saturated heterocycles. The molecule has 0 saturated carbocycles. The van der Waals surface area contributed by atoms with Gasteiger partial charge in [0.2, 0.25) is 0 Å². The van der Waals surface area contributed by atoms with E-state index in [4.69, 9.17) is 14.7 Å². The standard InChI is InChI=1S/C25H17N3O3/c26-17-18-4-8-21(9-5-18)31-24-3-1-2-19(16-24)25(29)28-20-6-10-22(11-7-20)30-23-12-14-27-15-13-23/h1-16H,(H,28,29). The second kappa shape index (κ2) is 9.25. The Labute approximate surface area is 179 Å². The minimum absolute atomic E-state index is 0.256. The molecule has 3 aromatic carbocycles. The van der Waals surface area contributed by atoms with Crippen molar-refractivity contribution in [1.82, 2.24) is 4.98 Å². The largest absolute Gasteiger partial charge is 0.457 e. The van der Waals surface area contributed by atoms with Crippen LogP contribution in [0.1, 0.15) is 15.9 Å². The summed E-state index contributed by atoms with van der Waals surface area (Å²) < 4.78 is 11.5. The first-order valence-electron chi connectivity index (χ1n) is 9.47. The third-order valence-electron chi connectivity index (χ3n) is 4.31. The zero-order valence-electron chi connectivity index (χ0n) is 16.4. The lowest BCUT2D eigenvalue weighted by atomic mass is 10.2. The molecule has 0 fully saturated rings. The third-order valence-corrected chi connectivity index (χ3v) is 4.31. The second-order valence-corrected chi connectivity index (χ2v) is 6.53. The van der Waals surface area contributed by atoms with Gasteiger partial charge in [0.1, 0.15) is 23.0 Å². The molecule has 1 aromatic heterocycles. The van der Waals surface area contributed by atoms with Crippen molar-refractivity contribution in [2.24, 2.45) is 0 Å². The van der Waals surface area contributed by atoms with E-state index in [1.54, 1.807) is 97.3 Å². The van der Waals surface area contributed by atoms with Crippen LogP contribution in [0.4, 0.5) is 5.69 Å². The summed E-state index contributed by atoms with van der Waals surface area (Å²) in [6.45, 7) is 0. The van der Waals surface area contributed by atoms with Crippen LogP contribution in [0.15, 0.2) is 97.3 Å². The number of carbonyl (C=O) groups excluding carboxylic acids is 1. The van der Waals surface area contributed by atoms with E-state index in [-0.39, 0.29) is 5.91 Å². The average Bonchev–Trinajstić information content (AvgIpc) is 2.82. The normalized spacial score (nSPS) is 10.0. The van der Waals surface area contributed by atoms with Gasteiger partial charge in [0.15, 0.2) is 0 Å². The highest BCUT2D eigenvalue weighted by Crippen LogP contribution is 2.24. The van der Waals surface area contributed by atoms with E-state index in [1.807, 2.05) is 0 Å². The second-order valence-electron chi connectivity index (χ2n) is 6.53. The van der Waals surface area contributed by atoms with Gasteiger partial charge in [-0.25, -0.2) is 0 Å². The molecule has 0 radical (unpaired) electrons. The van der Waals surface area contributed by atoms with Crippen LogP contribution >= 0.6 is 0 Å². The summed E-state index contributed by atoms with van der Waals surface area (Å²) in [6.07, 6.45) is 3.31. The minimum Gasteiger partial charge on any atom is -0.457 e. The molecule has 0 aliphatic carbocycles. The first-order chi connectivity index (χ1) is 15.2. The molecular formula is C25H17N3O3. The topological polar surface area (TPSA) is 84.2 Å². The van der Waals surface area contributed by atoms with Gasteiger partial charge in [-0.3, -0.25) is 9.78 Å². The summed E-state index contributed by atoms with van der Waals surface area (Å²) >= 11 is 0. The van der Waals surface area contributed by atoms with Crippen LogP contribution in [0.5, 0.6) is 23.0 Å². The van der Waals surface area contributed by atoms with Crippen LogP contribution in [0, 0.1) is 11.3 Å². The fraction of sp³-hybridized carbons (Fsp3) is 0. The molecule has 0 unspecified atom stereocenters. The quantitative estimate of drug-likeness (QED) is 0.437. The molecule has 4 rings (SSSR count). The van der Waals surface area contributed by atoms with Crippen molar-refractivity contribution in [2.75, 3.05) is 5.32 Å². The smallest absolute Gasteiger partial charge is 0.255 e. The minimum atomic E-state index is -0.256. The lowest BCUT2D eigenvalue weighted by Crippen LogP contribution is -2.11. The van der Waals surface area contributed by atoms with Gasteiger partial charge in [-0.15, -0.1) is 0 Å². The maximum absolute atomic E-state index is 12.6. The molecule has 4 aromatic rings. The molecule has 150 valence electrons. The van der Waals surface area contributed by atoms with Crippen molar-refractivity contribution < 1.29 is 14.3 Å². The number of hydrogen-bond acceptors (Lipinski definition) is 5. The Kier molecular flexibility index (Phi) is 5.87. The number of anilines is 1. The summed E-state index contributed by atoms with van der Waals surface area (Å²) in [6, 6.07) is 26.3. The molecule has 0 aliphatic heterocycles. The predicted molar refractivity (Wildman–Crippen MR) is 116 cm³/mol. The summed E-state index contributed by atoms with van der Waals surface area (Å²) in [5.74, 6) is 2.20. The van der Waals surface area contributed by atoms with Crippen molar-refractivity contribution in [1.29, 1.82) is 5.26 Å². The highest BCUT2D eigenvalue weighted by molar-refractivity contribution is 6.04. The van der Waals surface area contributed by atoms with Crippen molar-refractivity contribution in [3.63, 3.8) is 0 Å². The molecule has 0 aliphatic rings. The monoisotopic (exact) mass is 407 g/mol. The number of aromatic nitrogens is 1. The zero-order valence-corrected chi connectivity index (χ0v) is 16.4. The number of nitrogens with one attached hydrogen (secondary N) is 1. The van der Waals surface area contributed by atoms with E-state index in [0.717, 1.165) is 0 Å². The van der Waals surface area contributed by atoms with Crippen molar-refractivity contribution in [3.05, 3.63) is 108 Å². The van der Waals surface area contributed by atoms with Gasteiger partial charge < -0.3 is 14.8 Å². The van der Waals surface area contributed by atoms with Crippen LogP contribution in [-0.2, 0) is 0 Å². The molecule has 6 heteroatoms. The SMILES string of the molecule is N#Cc1ccc(Oc2cccc(C(=O)Nc3ccc(Oc4ccncc4)cc3)c2)cc1. The van der Waals surface area contributed by atoms with E-state index in [2.05, 4.69) is 16.4 Å². The van der Waals surface area contributed by atoms with E-state index in [0.29, 0.717) is 39.8 Å². The summed E-state index contributed by atoms with van der Waals surface area (Å²) in [5, 5.41) is 11.7. The van der Waals surface area contributed by atoms with Gasteiger partial charge in [0.25, 0.3) is 5.91 Å². The molecule has 1 amide bonds. The highest BCUT2D eigenvalue weighted by Gasteiger charge is 2.08. The van der Waals surface area contributed by atoms with Gasteiger partial charge in [-0.1, -0.05) is 6.07 Å². The van der Waals surface area contributed by atoms with Crippen LogP contribution in [-0.4, -0.2) is 10.9 Å². The highest BCUT2D eigenvalue weighted by atomic mass is 16.5. The number of hydrogen-bond donors (Lipinski definition) is 1. The Morgan fingerprint density at radius 3 is 2.06 bits per heavy atom. The van der Waals surface area contributed by atoms with Gasteiger partial charge in [-0.2, -0.15) is 5.26 Å². The Morgan fingerprint density at radius 2 is 1.39 bits per heavy atom. The molecule has 1 heterocycles. The van der Waals surface area contributed by atoms with E-state index >= 15 is 0 Å². The Morgan fingerprint density at radius 1 is 0.774 bits per heavy atom. The zero-order chi connectivity index (χ0) is 21.5. The van der Waals surface area contributed by atoms with Crippen molar-refractivity contribution in [3.8, 4) is 29.1 Å². The number of pyridine rings is 1. The van der Waals surface area contributed by atoms with Gasteiger partial charge in [0, 0.05) is 23.6 Å². The number of nitrogens with zero attached hydrogens (tertiary/aromatic N) is 2. The van der Waals surface area contributed by atoms with Gasteiger partial charge in [-0.05, 0) is 78.9 Å². The number of ether oxygens (including phenoxy) is 2. The Bertz CT molecular complexity index is 1220. The molecule has 6 nitrogen and oxygen atoms in total. The average molecular weight is 407 g/mol. The van der Waals surface area contributed by atoms with Crippen LogP contribution in [0.3, 0.4) is 0 Å². The van der Waals surface area contributed by atoms with E-state index in [1.165, 1.54) is 0 Å². The molecular weight excluding hydrogens is 390 g/mol. The van der Waals surface area contributed by atoms with Gasteiger partial charge in [0.05, 0.1) is 11.6 Å². The lowest BCUT2D eigenvalue weighted by molar-refractivity contribution is 0.102. The predicted octanol–water partition coefficient (Wildman–Crippen LogP) is 5.79. The number of benzene rings is 3. The summed E-state index contributed by atoms with van der Waals surface area (Å²) in [4.78, 5) is 16.6. The lowest BCUT2D eigenvalue weighted by Gasteiger charge is -2.10. The Hall–Kier alpha value is -4.63. The van der Waals surface area contributed by atoms with Crippen molar-refractivity contribution >= 4 is 11.6 Å². The first kappa shape index (κ1) is 19.7. The molecule has 1 N–H and O–H groups in total. The maximum atomic E-state index is 12.6. The van der Waals surface area contributed by atoms with Crippen LogP contribution in [0.2, 0.25) is 0 Å². The van der Waals surface area contributed by atoms with Crippen LogP contribution < -0.4 is 14.8 Å². The first-order valence-corrected chi connectivity index (χ1v) is 9.47. The molecule has 31 heavy (non-hydrogen) atoms. The van der Waals surface area contributed by atoms with Crippen molar-refractivity contribution in [2.45, 2.75) is 0 Å². The van der Waals surface area contributed by atoms with E-state index in [9.17, 15) is 4.79 Å².